The maximum Gasteiger partial charge on any atom is 0.148 e. The average Bonchev–Trinajstić information content (AvgIpc) is 2.61. The molecule has 1 fully saturated rings. The molecule has 0 heterocycles. The fourth-order valence-electron chi connectivity index (χ4n) is 1.89. The van der Waals surface area contributed by atoms with Crippen LogP contribution in [0, 0.1) is 11.3 Å². The van der Waals surface area contributed by atoms with Crippen molar-refractivity contribution in [3.05, 3.63) is 0 Å². The van der Waals surface area contributed by atoms with Crippen LogP contribution in [0.2, 0.25) is 0 Å². The Bertz CT molecular complexity index is 375. The van der Waals surface area contributed by atoms with Crippen molar-refractivity contribution in [2.24, 2.45) is 0 Å². The van der Waals surface area contributed by atoms with Gasteiger partial charge >= 0.3 is 0 Å². The molecule has 0 aromatic carbocycles. The summed E-state index contributed by atoms with van der Waals surface area (Å²) in [5.41, 5.74) is -0.386. The lowest BCUT2D eigenvalue weighted by molar-refractivity contribution is 0.464. The first-order chi connectivity index (χ1) is 7.41. The third-order valence-electron chi connectivity index (χ3n) is 2.97. The molecule has 2 atom stereocenters. The van der Waals surface area contributed by atoms with Crippen LogP contribution in [0.15, 0.2) is 0 Å². The van der Waals surface area contributed by atoms with Gasteiger partial charge in [0.2, 0.25) is 0 Å². The molecule has 0 aliphatic heterocycles. The van der Waals surface area contributed by atoms with E-state index in [2.05, 4.69) is 11.4 Å². The summed E-state index contributed by atoms with van der Waals surface area (Å²) in [5.74, 6) is 0.863. The van der Waals surface area contributed by atoms with Crippen LogP contribution < -0.4 is 5.32 Å². The van der Waals surface area contributed by atoms with E-state index >= 15 is 0 Å². The quantitative estimate of drug-likeness (QED) is 0.793. The highest BCUT2D eigenvalue weighted by molar-refractivity contribution is 8.01. The molecule has 1 saturated carbocycles. The van der Waals surface area contributed by atoms with Crippen molar-refractivity contribution in [3.8, 4) is 6.07 Å². The lowest BCUT2D eigenvalue weighted by Gasteiger charge is -2.19. The molecule has 0 bridgehead atoms. The third-order valence-corrected chi connectivity index (χ3v) is 5.49. The minimum absolute atomic E-state index is 0.229. The van der Waals surface area contributed by atoms with Gasteiger partial charge in [-0.2, -0.15) is 17.0 Å². The monoisotopic (exact) mass is 262 g/mol. The van der Waals surface area contributed by atoms with E-state index in [0.717, 1.165) is 19.3 Å². The predicted molar refractivity (Wildman–Crippen MR) is 67.2 cm³/mol. The largest absolute Gasteiger partial charge is 0.302 e. The standard InChI is InChI=1S/C10H18N2O2S2/c1-12-10(8-11)4-3-9(7-10)15-5-6-16(2,13)14/h9,12H,3-7H2,1-2H3. The first-order valence-corrected chi connectivity index (χ1v) is 8.41. The van der Waals surface area contributed by atoms with Crippen molar-refractivity contribution in [3.63, 3.8) is 0 Å². The molecule has 0 amide bonds. The summed E-state index contributed by atoms with van der Waals surface area (Å²) >= 11 is 1.67. The minimum atomic E-state index is -2.86. The maximum atomic E-state index is 11.0. The number of nitrogens with one attached hydrogen (secondary N) is 1. The van der Waals surface area contributed by atoms with E-state index in [1.165, 1.54) is 6.26 Å². The van der Waals surface area contributed by atoms with Crippen molar-refractivity contribution in [2.45, 2.75) is 30.1 Å². The number of hydrogen-bond acceptors (Lipinski definition) is 5. The number of hydrogen-bond donors (Lipinski definition) is 1. The Morgan fingerprint density at radius 1 is 1.62 bits per heavy atom. The Morgan fingerprint density at radius 2 is 2.31 bits per heavy atom. The lowest BCUT2D eigenvalue weighted by Crippen LogP contribution is -2.38. The maximum absolute atomic E-state index is 11.0. The molecule has 92 valence electrons. The fourth-order valence-corrected chi connectivity index (χ4v) is 4.51. The second-order valence-corrected chi connectivity index (χ2v) is 7.98. The van der Waals surface area contributed by atoms with Gasteiger partial charge in [0, 0.05) is 17.3 Å². The second-order valence-electron chi connectivity index (χ2n) is 4.31. The van der Waals surface area contributed by atoms with Crippen LogP contribution in [0.5, 0.6) is 0 Å². The Hall–Kier alpha value is -0.250. The molecule has 1 aliphatic rings. The molecule has 0 aromatic rings. The van der Waals surface area contributed by atoms with Gasteiger partial charge in [0.05, 0.1) is 11.8 Å². The molecule has 1 rings (SSSR count). The van der Waals surface area contributed by atoms with Gasteiger partial charge in [0.1, 0.15) is 15.4 Å². The van der Waals surface area contributed by atoms with Gasteiger partial charge in [-0.05, 0) is 26.3 Å². The average molecular weight is 262 g/mol. The first-order valence-electron chi connectivity index (χ1n) is 5.30. The van der Waals surface area contributed by atoms with Crippen molar-refractivity contribution in [1.82, 2.24) is 5.32 Å². The van der Waals surface area contributed by atoms with E-state index in [1.54, 1.807) is 11.8 Å². The Kier molecular flexibility index (Phi) is 4.65. The van der Waals surface area contributed by atoms with E-state index in [0.29, 0.717) is 11.0 Å². The lowest BCUT2D eigenvalue weighted by atomic mass is 10.0. The summed E-state index contributed by atoms with van der Waals surface area (Å²) in [6.07, 6.45) is 3.92. The molecule has 16 heavy (non-hydrogen) atoms. The molecule has 6 heteroatoms. The van der Waals surface area contributed by atoms with Gasteiger partial charge in [-0.3, -0.25) is 0 Å². The van der Waals surface area contributed by atoms with E-state index in [1.807, 2.05) is 7.05 Å². The highest BCUT2D eigenvalue weighted by Gasteiger charge is 2.38. The number of sulfone groups is 1. The van der Waals surface area contributed by atoms with Crippen LogP contribution in [0.25, 0.3) is 0 Å². The van der Waals surface area contributed by atoms with Crippen LogP contribution in [0.3, 0.4) is 0 Å². The molecule has 2 unspecified atom stereocenters. The van der Waals surface area contributed by atoms with Crippen molar-refractivity contribution >= 4 is 21.6 Å². The minimum Gasteiger partial charge on any atom is -0.302 e. The zero-order chi connectivity index (χ0) is 12.2. The Balaban J connectivity index is 2.35. The van der Waals surface area contributed by atoms with Crippen LogP contribution in [-0.4, -0.2) is 44.0 Å². The Morgan fingerprint density at radius 3 is 2.75 bits per heavy atom. The highest BCUT2D eigenvalue weighted by atomic mass is 32.2. The molecule has 0 spiro atoms. The first kappa shape index (κ1) is 13.8. The van der Waals surface area contributed by atoms with Gasteiger partial charge in [0.25, 0.3) is 0 Å². The summed E-state index contributed by atoms with van der Waals surface area (Å²) in [6, 6.07) is 2.32. The number of thioether (sulfide) groups is 1. The molecule has 0 radical (unpaired) electrons. The summed E-state index contributed by atoms with van der Waals surface area (Å²) in [7, 11) is -1.04. The van der Waals surface area contributed by atoms with Crippen LogP contribution >= 0.6 is 11.8 Å². The molecule has 0 saturated heterocycles. The Labute approximate surface area is 102 Å². The second kappa shape index (κ2) is 5.39. The molecule has 4 nitrogen and oxygen atoms in total. The van der Waals surface area contributed by atoms with E-state index in [9.17, 15) is 8.42 Å². The molecule has 0 aromatic heterocycles. The summed E-state index contributed by atoms with van der Waals surface area (Å²) in [6.45, 7) is 0. The van der Waals surface area contributed by atoms with Gasteiger partial charge < -0.3 is 5.32 Å². The number of nitriles is 1. The van der Waals surface area contributed by atoms with Crippen molar-refractivity contribution < 1.29 is 8.42 Å². The smallest absolute Gasteiger partial charge is 0.148 e. The normalized spacial score (nSPS) is 30.2. The van der Waals surface area contributed by atoms with E-state index in [4.69, 9.17) is 5.26 Å². The number of nitrogens with zero attached hydrogens (tertiary/aromatic N) is 1. The summed E-state index contributed by atoms with van der Waals surface area (Å²) < 4.78 is 21.9. The fraction of sp³-hybridized carbons (Fsp3) is 0.900. The SMILES string of the molecule is CNC1(C#N)CCC(SCCS(C)(=O)=O)C1. The topological polar surface area (TPSA) is 70.0 Å². The van der Waals surface area contributed by atoms with Crippen LogP contribution in [-0.2, 0) is 9.84 Å². The van der Waals surface area contributed by atoms with Crippen LogP contribution in [0.4, 0.5) is 0 Å². The van der Waals surface area contributed by atoms with E-state index in [-0.39, 0.29) is 11.3 Å². The van der Waals surface area contributed by atoms with Gasteiger partial charge in [0.15, 0.2) is 0 Å². The molecule has 1 aliphatic carbocycles. The van der Waals surface area contributed by atoms with Gasteiger partial charge in [-0.15, -0.1) is 0 Å². The third kappa shape index (κ3) is 3.96. The zero-order valence-electron chi connectivity index (χ0n) is 9.69. The number of rotatable bonds is 5. The highest BCUT2D eigenvalue weighted by Crippen LogP contribution is 2.36. The van der Waals surface area contributed by atoms with Crippen molar-refractivity contribution in [2.75, 3.05) is 24.8 Å². The molecular formula is C10H18N2O2S2. The zero-order valence-corrected chi connectivity index (χ0v) is 11.3. The molecular weight excluding hydrogens is 244 g/mol. The van der Waals surface area contributed by atoms with E-state index < -0.39 is 9.84 Å². The predicted octanol–water partition coefficient (Wildman–Crippen LogP) is 0.798. The van der Waals surface area contributed by atoms with Crippen LogP contribution in [0.1, 0.15) is 19.3 Å². The van der Waals surface area contributed by atoms with Crippen molar-refractivity contribution in [1.29, 1.82) is 5.26 Å². The van der Waals surface area contributed by atoms with Gasteiger partial charge in [-0.1, -0.05) is 0 Å². The summed E-state index contributed by atoms with van der Waals surface area (Å²) in [4.78, 5) is 0. The van der Waals surface area contributed by atoms with Gasteiger partial charge in [-0.25, -0.2) is 8.42 Å². The molecule has 1 N–H and O–H groups in total. The summed E-state index contributed by atoms with van der Waals surface area (Å²) in [5, 5.41) is 12.6.